The highest BCUT2D eigenvalue weighted by Crippen LogP contribution is 2.29. The van der Waals surface area contributed by atoms with E-state index in [4.69, 9.17) is 4.74 Å². The predicted molar refractivity (Wildman–Crippen MR) is 125 cm³/mol. The van der Waals surface area contributed by atoms with Crippen molar-refractivity contribution in [3.63, 3.8) is 0 Å². The highest BCUT2D eigenvalue weighted by Gasteiger charge is 2.19. The number of carbonyl (C=O) groups is 2. The predicted octanol–water partition coefficient (Wildman–Crippen LogP) is 4.01. The van der Waals surface area contributed by atoms with Crippen molar-refractivity contribution >= 4 is 29.2 Å². The maximum absolute atomic E-state index is 12.6. The number of methoxy groups -OCH3 is 1. The second kappa shape index (κ2) is 10.6. The zero-order valence-corrected chi connectivity index (χ0v) is 19.9. The molecule has 3 rings (SSSR count). The van der Waals surface area contributed by atoms with Crippen LogP contribution in [-0.2, 0) is 22.4 Å². The third kappa shape index (κ3) is 5.29. The normalized spacial score (nSPS) is 14.8. The molecule has 1 unspecified atom stereocenters. The number of carbonyl (C=O) groups excluding carboxylic acids is 2. The molecule has 2 amide bonds. The fraction of sp³-hybridized carbons (Fsp3) is 0.458. The van der Waals surface area contributed by atoms with E-state index in [9.17, 15) is 14.9 Å². The summed E-state index contributed by atoms with van der Waals surface area (Å²) < 4.78 is 7.37. The summed E-state index contributed by atoms with van der Waals surface area (Å²) in [6.07, 6.45) is 7.05. The number of hydrogen-bond acceptors (Lipinski definition) is 5. The molecular formula is C24H30N4O3S. The van der Waals surface area contributed by atoms with Crippen LogP contribution >= 0.6 is 11.3 Å². The van der Waals surface area contributed by atoms with Gasteiger partial charge >= 0.3 is 0 Å². The summed E-state index contributed by atoms with van der Waals surface area (Å²) in [6.45, 7) is 6.53. The first-order valence-corrected chi connectivity index (χ1v) is 11.7. The van der Waals surface area contributed by atoms with E-state index >= 15 is 0 Å². The van der Waals surface area contributed by atoms with E-state index in [2.05, 4.69) is 22.3 Å². The third-order valence-electron chi connectivity index (χ3n) is 5.80. The molecule has 0 radical (unpaired) electrons. The first kappa shape index (κ1) is 23.8. The minimum absolute atomic E-state index is 0.0769. The fourth-order valence-corrected chi connectivity index (χ4v) is 5.42. The molecule has 0 aliphatic heterocycles. The van der Waals surface area contributed by atoms with E-state index in [0.717, 1.165) is 42.6 Å². The number of aromatic nitrogens is 1. The Bertz CT molecular complexity index is 1050. The quantitative estimate of drug-likeness (QED) is 0.298. The molecule has 0 spiro atoms. The van der Waals surface area contributed by atoms with Gasteiger partial charge in [-0.25, -0.2) is 0 Å². The summed E-state index contributed by atoms with van der Waals surface area (Å²) in [4.78, 5) is 26.9. The van der Waals surface area contributed by atoms with E-state index in [0.29, 0.717) is 11.5 Å². The lowest BCUT2D eigenvalue weighted by molar-refractivity contribution is -0.117. The van der Waals surface area contributed by atoms with Crippen molar-refractivity contribution < 1.29 is 14.3 Å². The first-order valence-electron chi connectivity index (χ1n) is 10.9. The highest BCUT2D eigenvalue weighted by atomic mass is 32.1. The molecule has 1 aliphatic rings. The molecule has 2 aromatic heterocycles. The second-order valence-corrected chi connectivity index (χ2v) is 9.34. The summed E-state index contributed by atoms with van der Waals surface area (Å²) in [6, 6.07) is 5.92. The summed E-state index contributed by atoms with van der Waals surface area (Å²) in [5.41, 5.74) is 8.73. The number of rotatable bonds is 6. The smallest absolute Gasteiger partial charge is 0.280 e. The average Bonchev–Trinajstić information content (AvgIpc) is 3.21. The van der Waals surface area contributed by atoms with E-state index < -0.39 is 5.91 Å². The lowest BCUT2D eigenvalue weighted by atomic mass is 10.1. The maximum Gasteiger partial charge on any atom is 0.280 e. The largest absolute Gasteiger partial charge is 0.383 e. The van der Waals surface area contributed by atoms with Gasteiger partial charge in [-0.2, -0.15) is 5.26 Å². The number of thiophene rings is 1. The molecule has 7 nitrogen and oxygen atoms in total. The van der Waals surface area contributed by atoms with Gasteiger partial charge in [0, 0.05) is 23.4 Å². The molecule has 32 heavy (non-hydrogen) atoms. The number of hydrazine groups is 1. The van der Waals surface area contributed by atoms with E-state index in [1.807, 2.05) is 32.0 Å². The Morgan fingerprint density at radius 3 is 2.72 bits per heavy atom. The number of nitrogens with zero attached hydrogens (tertiary/aromatic N) is 2. The molecule has 0 saturated heterocycles. The van der Waals surface area contributed by atoms with Gasteiger partial charge in [0.2, 0.25) is 0 Å². The Morgan fingerprint density at radius 1 is 1.25 bits per heavy atom. The molecule has 1 aliphatic carbocycles. The van der Waals surface area contributed by atoms with Gasteiger partial charge in [-0.3, -0.25) is 20.4 Å². The zero-order chi connectivity index (χ0) is 23.3. The van der Waals surface area contributed by atoms with Gasteiger partial charge in [0.1, 0.15) is 11.6 Å². The topological polar surface area (TPSA) is 96.2 Å². The summed E-state index contributed by atoms with van der Waals surface area (Å²) in [5, 5.41) is 9.52. The third-order valence-corrected chi connectivity index (χ3v) is 7.03. The molecule has 2 aromatic rings. The Morgan fingerprint density at radius 2 is 2.00 bits per heavy atom. The van der Waals surface area contributed by atoms with Crippen molar-refractivity contribution in [1.82, 2.24) is 15.4 Å². The Balaban J connectivity index is 1.69. The van der Waals surface area contributed by atoms with Gasteiger partial charge in [0.05, 0.1) is 17.5 Å². The van der Waals surface area contributed by atoms with Crippen molar-refractivity contribution in [3.05, 3.63) is 50.0 Å². The van der Waals surface area contributed by atoms with Crippen molar-refractivity contribution in [3.8, 4) is 6.07 Å². The molecule has 2 heterocycles. The molecule has 2 N–H and O–H groups in total. The van der Waals surface area contributed by atoms with Gasteiger partial charge in [-0.1, -0.05) is 6.42 Å². The standard InChI is InChI=1S/C24H30N4O3S/c1-15-10-19(17(3)28(15)16(2)14-31-4)11-20(13-25)23(29)26-27-24(30)22-12-18-8-6-5-7-9-21(18)32-22/h10-12,16H,5-9,14H2,1-4H3,(H,26,29)(H,27,30)/b20-11-. The van der Waals surface area contributed by atoms with E-state index in [1.165, 1.54) is 28.2 Å². The summed E-state index contributed by atoms with van der Waals surface area (Å²) in [7, 11) is 1.66. The second-order valence-electron chi connectivity index (χ2n) is 8.20. The van der Waals surface area contributed by atoms with Crippen LogP contribution in [0.1, 0.15) is 69.3 Å². The van der Waals surface area contributed by atoms with Gasteiger partial charge < -0.3 is 9.30 Å². The number of hydrogen-bond donors (Lipinski definition) is 2. The number of aryl methyl sites for hydroxylation is 3. The molecular weight excluding hydrogens is 424 g/mol. The number of nitrogens with one attached hydrogen (secondary N) is 2. The first-order chi connectivity index (χ1) is 15.3. The Hall–Kier alpha value is -2.89. The highest BCUT2D eigenvalue weighted by molar-refractivity contribution is 7.14. The minimum atomic E-state index is -0.645. The number of amides is 2. The summed E-state index contributed by atoms with van der Waals surface area (Å²) in [5.74, 6) is -1.01. The van der Waals surface area contributed by atoms with Crippen molar-refractivity contribution in [1.29, 1.82) is 5.26 Å². The summed E-state index contributed by atoms with van der Waals surface area (Å²) >= 11 is 1.48. The molecule has 0 fully saturated rings. The number of fused-ring (bicyclic) bond motifs is 1. The van der Waals surface area contributed by atoms with Crippen LogP contribution in [0.25, 0.3) is 6.08 Å². The molecule has 1 atom stereocenters. The Labute approximate surface area is 193 Å². The van der Waals surface area contributed by atoms with Crippen LogP contribution in [0.5, 0.6) is 0 Å². The molecule has 170 valence electrons. The van der Waals surface area contributed by atoms with Crippen LogP contribution in [0.4, 0.5) is 0 Å². The van der Waals surface area contributed by atoms with Gasteiger partial charge in [0.15, 0.2) is 0 Å². The fourth-order valence-electron chi connectivity index (χ4n) is 4.27. The van der Waals surface area contributed by atoms with Crippen LogP contribution in [-0.4, -0.2) is 30.1 Å². The lowest BCUT2D eigenvalue weighted by Gasteiger charge is -2.17. The minimum Gasteiger partial charge on any atom is -0.383 e. The van der Waals surface area contributed by atoms with Crippen molar-refractivity contribution in [2.75, 3.05) is 13.7 Å². The average molecular weight is 455 g/mol. The zero-order valence-electron chi connectivity index (χ0n) is 19.1. The van der Waals surface area contributed by atoms with Crippen LogP contribution in [0, 0.1) is 25.2 Å². The molecule has 0 bridgehead atoms. The molecule has 0 aromatic carbocycles. The lowest BCUT2D eigenvalue weighted by Crippen LogP contribution is -2.41. The van der Waals surface area contributed by atoms with E-state index in [1.54, 1.807) is 13.2 Å². The maximum atomic E-state index is 12.6. The SMILES string of the molecule is COCC(C)n1c(C)cc(/C=C(/C#N)C(=O)NNC(=O)c2cc3c(s2)CCCCC3)c1C. The van der Waals surface area contributed by atoms with Crippen LogP contribution < -0.4 is 10.9 Å². The monoisotopic (exact) mass is 454 g/mol. The van der Waals surface area contributed by atoms with E-state index in [-0.39, 0.29) is 17.5 Å². The van der Waals surface area contributed by atoms with Crippen LogP contribution in [0.15, 0.2) is 17.7 Å². The Kier molecular flexibility index (Phi) is 7.89. The van der Waals surface area contributed by atoms with Crippen molar-refractivity contribution in [2.45, 2.75) is 58.9 Å². The van der Waals surface area contributed by atoms with Crippen molar-refractivity contribution in [2.24, 2.45) is 0 Å². The molecule has 8 heteroatoms. The van der Waals surface area contributed by atoms with Crippen LogP contribution in [0.2, 0.25) is 0 Å². The van der Waals surface area contributed by atoms with Gasteiger partial charge in [-0.15, -0.1) is 11.3 Å². The van der Waals surface area contributed by atoms with Gasteiger partial charge in [0.25, 0.3) is 11.8 Å². The number of ether oxygens (including phenoxy) is 1. The molecule has 0 saturated carbocycles. The van der Waals surface area contributed by atoms with Gasteiger partial charge in [-0.05, 0) is 75.8 Å². The van der Waals surface area contributed by atoms with Crippen LogP contribution in [0.3, 0.4) is 0 Å². The number of nitriles is 1.